The topological polar surface area (TPSA) is 79.0 Å². The molecule has 2 unspecified atom stereocenters. The molecule has 1 N–H and O–H groups in total. The summed E-state index contributed by atoms with van der Waals surface area (Å²) in [6.45, 7) is 2.10. The molecule has 3 rings (SSSR count). The van der Waals surface area contributed by atoms with Crippen LogP contribution in [0.25, 0.3) is 0 Å². The van der Waals surface area contributed by atoms with Crippen LogP contribution in [0.5, 0.6) is 5.75 Å². The first-order valence-corrected chi connectivity index (χ1v) is 9.96. The number of fused-ring (bicyclic) bond motifs is 1. The van der Waals surface area contributed by atoms with Gasteiger partial charge in [0.15, 0.2) is 0 Å². The number of piperidine rings is 1. The number of rotatable bonds is 8. The molecule has 1 aromatic carbocycles. The summed E-state index contributed by atoms with van der Waals surface area (Å²) < 4.78 is 6.00. The monoisotopic (exact) mass is 387 g/mol. The minimum Gasteiger partial charge on any atom is -0.492 e. The molecule has 152 valence electrons. The summed E-state index contributed by atoms with van der Waals surface area (Å²) in [5.41, 5.74) is 1.47. The second-order valence-electron chi connectivity index (χ2n) is 7.61. The van der Waals surface area contributed by atoms with E-state index >= 15 is 0 Å². The largest absolute Gasteiger partial charge is 0.492 e. The number of likely N-dealkylation sites (tertiary alicyclic amines) is 1. The molecule has 1 fully saturated rings. The number of carbonyl (C=O) groups is 3. The fraction of sp³-hybridized carbons (Fsp3) is 0.571. The average molecular weight is 387 g/mol. The zero-order chi connectivity index (χ0) is 20.1. The van der Waals surface area contributed by atoms with Gasteiger partial charge in [-0.15, -0.1) is 0 Å². The molecule has 2 amide bonds. The predicted octanol–water partition coefficient (Wildman–Crippen LogP) is 1.60. The molecule has 1 saturated heterocycles. The lowest BCUT2D eigenvalue weighted by Gasteiger charge is -2.32. The zero-order valence-electron chi connectivity index (χ0n) is 16.6. The highest BCUT2D eigenvalue weighted by molar-refractivity contribution is 5.99. The third-order valence-electron chi connectivity index (χ3n) is 5.78. The Morgan fingerprint density at radius 1 is 1.39 bits per heavy atom. The number of hydrogen-bond donors (Lipinski definition) is 1. The Balaban J connectivity index is 1.62. The van der Waals surface area contributed by atoms with Crippen molar-refractivity contribution in [2.75, 3.05) is 27.2 Å². The van der Waals surface area contributed by atoms with Gasteiger partial charge in [-0.05, 0) is 56.6 Å². The van der Waals surface area contributed by atoms with Gasteiger partial charge in [-0.1, -0.05) is 6.42 Å². The highest BCUT2D eigenvalue weighted by Crippen LogP contribution is 2.29. The van der Waals surface area contributed by atoms with E-state index in [1.807, 2.05) is 12.1 Å². The Kier molecular flexibility index (Phi) is 6.67. The number of amides is 2. The number of benzene rings is 1. The molecule has 0 aliphatic carbocycles. The smallest absolute Gasteiger partial charge is 0.255 e. The van der Waals surface area contributed by atoms with E-state index < -0.39 is 6.04 Å². The standard InChI is InChI=1S/C21H29N3O4/c1-22-20(26)9-6-16(13-25)24-12-15-11-18(7-8-19(15)21(24)27)28-14-17-5-3-4-10-23(17)2/h7-8,11,13,16-17H,3-6,9-10,12,14H2,1-2H3,(H,22,26). The first-order valence-electron chi connectivity index (χ1n) is 9.96. The molecule has 2 heterocycles. The molecule has 0 aromatic heterocycles. The quantitative estimate of drug-likeness (QED) is 0.686. The van der Waals surface area contributed by atoms with E-state index in [1.165, 1.54) is 12.8 Å². The molecule has 2 aliphatic heterocycles. The Morgan fingerprint density at radius 3 is 2.93 bits per heavy atom. The maximum Gasteiger partial charge on any atom is 0.255 e. The Morgan fingerprint density at radius 2 is 2.21 bits per heavy atom. The molecule has 0 radical (unpaired) electrons. The van der Waals surface area contributed by atoms with Crippen LogP contribution < -0.4 is 10.1 Å². The van der Waals surface area contributed by atoms with E-state index in [9.17, 15) is 14.4 Å². The summed E-state index contributed by atoms with van der Waals surface area (Å²) in [6, 6.07) is 5.32. The van der Waals surface area contributed by atoms with Crippen LogP contribution >= 0.6 is 0 Å². The van der Waals surface area contributed by atoms with Gasteiger partial charge < -0.3 is 24.6 Å². The molecule has 2 aliphatic rings. The number of nitrogens with one attached hydrogen (secondary N) is 1. The minimum absolute atomic E-state index is 0.139. The van der Waals surface area contributed by atoms with E-state index in [-0.39, 0.29) is 18.2 Å². The van der Waals surface area contributed by atoms with E-state index in [0.29, 0.717) is 31.2 Å². The average Bonchev–Trinajstić information content (AvgIpc) is 3.03. The second kappa shape index (κ2) is 9.19. The maximum absolute atomic E-state index is 12.7. The number of nitrogens with zero attached hydrogens (tertiary/aromatic N) is 2. The van der Waals surface area contributed by atoms with Crippen LogP contribution in [0.3, 0.4) is 0 Å². The van der Waals surface area contributed by atoms with Crippen LogP contribution in [-0.4, -0.2) is 67.2 Å². The third kappa shape index (κ3) is 4.52. The summed E-state index contributed by atoms with van der Waals surface area (Å²) in [4.78, 5) is 39.5. The summed E-state index contributed by atoms with van der Waals surface area (Å²) in [5.74, 6) is 0.447. The number of aldehydes is 1. The molecule has 1 aromatic rings. The van der Waals surface area contributed by atoms with Crippen molar-refractivity contribution in [3.63, 3.8) is 0 Å². The van der Waals surface area contributed by atoms with Gasteiger partial charge in [-0.3, -0.25) is 9.59 Å². The van der Waals surface area contributed by atoms with Crippen LogP contribution in [0.4, 0.5) is 0 Å². The van der Waals surface area contributed by atoms with Crippen molar-refractivity contribution in [2.24, 2.45) is 0 Å². The van der Waals surface area contributed by atoms with Gasteiger partial charge >= 0.3 is 0 Å². The molecule has 28 heavy (non-hydrogen) atoms. The molecule has 7 heteroatoms. The maximum atomic E-state index is 12.7. The Bertz CT molecular complexity index is 736. The van der Waals surface area contributed by atoms with Crippen LogP contribution in [0, 0.1) is 0 Å². The second-order valence-corrected chi connectivity index (χ2v) is 7.61. The molecular formula is C21H29N3O4. The normalized spacial score (nSPS) is 20.6. The van der Waals surface area contributed by atoms with Crippen molar-refractivity contribution in [1.82, 2.24) is 15.1 Å². The van der Waals surface area contributed by atoms with Crippen molar-refractivity contribution in [1.29, 1.82) is 0 Å². The predicted molar refractivity (Wildman–Crippen MR) is 105 cm³/mol. The van der Waals surface area contributed by atoms with Crippen molar-refractivity contribution in [3.05, 3.63) is 29.3 Å². The van der Waals surface area contributed by atoms with Gasteiger partial charge in [-0.25, -0.2) is 0 Å². The zero-order valence-corrected chi connectivity index (χ0v) is 16.6. The van der Waals surface area contributed by atoms with E-state index in [2.05, 4.69) is 17.3 Å². The van der Waals surface area contributed by atoms with Gasteiger partial charge in [0.25, 0.3) is 5.91 Å². The minimum atomic E-state index is -0.600. The van der Waals surface area contributed by atoms with E-state index in [1.54, 1.807) is 18.0 Å². The van der Waals surface area contributed by atoms with Gasteiger partial charge in [0, 0.05) is 31.6 Å². The van der Waals surface area contributed by atoms with Gasteiger partial charge in [0.05, 0.1) is 6.04 Å². The van der Waals surface area contributed by atoms with Crippen LogP contribution in [0.15, 0.2) is 18.2 Å². The highest BCUT2D eigenvalue weighted by Gasteiger charge is 2.33. The van der Waals surface area contributed by atoms with E-state index in [0.717, 1.165) is 30.6 Å². The van der Waals surface area contributed by atoms with Gasteiger partial charge in [0.2, 0.25) is 5.91 Å². The fourth-order valence-corrected chi connectivity index (χ4v) is 3.93. The molecular weight excluding hydrogens is 358 g/mol. The van der Waals surface area contributed by atoms with Crippen molar-refractivity contribution in [3.8, 4) is 5.75 Å². The lowest BCUT2D eigenvalue weighted by atomic mass is 10.0. The van der Waals surface area contributed by atoms with Gasteiger partial charge in [0.1, 0.15) is 18.6 Å². The van der Waals surface area contributed by atoms with E-state index in [4.69, 9.17) is 4.74 Å². The number of carbonyl (C=O) groups excluding carboxylic acids is 3. The summed E-state index contributed by atoms with van der Waals surface area (Å²) >= 11 is 0. The molecule has 7 nitrogen and oxygen atoms in total. The Hall–Kier alpha value is -2.41. The van der Waals surface area contributed by atoms with Crippen molar-refractivity contribution < 1.29 is 19.1 Å². The summed E-state index contributed by atoms with van der Waals surface area (Å²) in [5, 5.41) is 2.54. The number of hydrogen-bond acceptors (Lipinski definition) is 5. The SMILES string of the molecule is CNC(=O)CCC(C=O)N1Cc2cc(OCC3CCCCN3C)ccc2C1=O. The molecule has 0 bridgehead atoms. The molecule has 0 spiro atoms. The molecule has 0 saturated carbocycles. The number of ether oxygens (including phenoxy) is 1. The van der Waals surface area contributed by atoms with Gasteiger partial charge in [-0.2, -0.15) is 0 Å². The van der Waals surface area contributed by atoms with Crippen LogP contribution in [-0.2, 0) is 16.1 Å². The lowest BCUT2D eigenvalue weighted by Crippen LogP contribution is -2.40. The van der Waals surface area contributed by atoms with Crippen LogP contribution in [0.1, 0.15) is 48.0 Å². The first kappa shape index (κ1) is 20.3. The van der Waals surface area contributed by atoms with Crippen LogP contribution in [0.2, 0.25) is 0 Å². The molecule has 2 atom stereocenters. The highest BCUT2D eigenvalue weighted by atomic mass is 16.5. The summed E-state index contributed by atoms with van der Waals surface area (Å²) in [7, 11) is 3.69. The first-order chi connectivity index (χ1) is 13.5. The Labute approximate surface area is 166 Å². The van der Waals surface area contributed by atoms with Crippen molar-refractivity contribution in [2.45, 2.75) is 50.7 Å². The van der Waals surface area contributed by atoms with Crippen molar-refractivity contribution >= 4 is 18.1 Å². The number of likely N-dealkylation sites (N-methyl/N-ethyl adjacent to an activating group) is 1. The third-order valence-corrected chi connectivity index (χ3v) is 5.78. The fourth-order valence-electron chi connectivity index (χ4n) is 3.93. The lowest BCUT2D eigenvalue weighted by molar-refractivity contribution is -0.121. The summed E-state index contributed by atoms with van der Waals surface area (Å²) in [6.07, 6.45) is 4.89.